The minimum atomic E-state index is -0.984. The number of aryl methyl sites for hydroxylation is 1. The second kappa shape index (κ2) is 8.56. The number of imidazole rings is 1. The normalized spacial score (nSPS) is 11.9. The van der Waals surface area contributed by atoms with E-state index in [0.29, 0.717) is 23.3 Å². The van der Waals surface area contributed by atoms with Crippen molar-refractivity contribution < 1.29 is 18.7 Å². The highest BCUT2D eigenvalue weighted by Crippen LogP contribution is 2.22. The monoisotopic (exact) mass is 405 g/mol. The molecule has 1 aromatic carbocycles. The molecule has 0 spiro atoms. The predicted octanol–water partition coefficient (Wildman–Crippen LogP) is 3.12. The molecule has 152 valence electrons. The number of esters is 1. The van der Waals surface area contributed by atoms with Crippen LogP contribution in [0.2, 0.25) is 0 Å². The van der Waals surface area contributed by atoms with Gasteiger partial charge in [0.05, 0.1) is 12.7 Å². The first-order chi connectivity index (χ1) is 14.6. The SMILES string of the molecule is CC(OC(=O)CCc1ccc(-c2ccccc2)o1)C(=O)Nc1ncnc2nc[nH]c12. The number of aromatic nitrogens is 4. The fourth-order valence-electron chi connectivity index (χ4n) is 2.88. The summed E-state index contributed by atoms with van der Waals surface area (Å²) in [5.74, 6) is 0.689. The fourth-order valence-corrected chi connectivity index (χ4v) is 2.88. The zero-order valence-electron chi connectivity index (χ0n) is 16.2. The summed E-state index contributed by atoms with van der Waals surface area (Å²) in [6, 6.07) is 13.4. The number of nitrogens with zero attached hydrogens (tertiary/aromatic N) is 3. The molecule has 1 unspecified atom stereocenters. The molecular weight excluding hydrogens is 386 g/mol. The second-order valence-electron chi connectivity index (χ2n) is 6.58. The summed E-state index contributed by atoms with van der Waals surface area (Å²) in [4.78, 5) is 39.3. The lowest BCUT2D eigenvalue weighted by Crippen LogP contribution is -2.30. The van der Waals surface area contributed by atoms with Gasteiger partial charge in [-0.15, -0.1) is 0 Å². The Hall–Kier alpha value is -4.01. The largest absolute Gasteiger partial charge is 0.461 e. The minimum Gasteiger partial charge on any atom is -0.461 e. The van der Waals surface area contributed by atoms with Gasteiger partial charge in [0.1, 0.15) is 23.4 Å². The first-order valence-electron chi connectivity index (χ1n) is 9.38. The number of hydrogen-bond acceptors (Lipinski definition) is 7. The molecule has 2 N–H and O–H groups in total. The van der Waals surface area contributed by atoms with Gasteiger partial charge in [0, 0.05) is 12.0 Å². The van der Waals surface area contributed by atoms with Gasteiger partial charge in [-0.3, -0.25) is 9.59 Å². The standard InChI is InChI=1S/C21H19N5O4/c1-13(21(28)26-20-18-19(23-11-22-18)24-12-25-20)29-17(27)10-8-15-7-9-16(30-15)14-5-3-2-4-6-14/h2-7,9,11-13H,8,10H2,1H3,(H2,22,23,24,25,26,28). The highest BCUT2D eigenvalue weighted by molar-refractivity contribution is 5.99. The molecule has 0 aliphatic rings. The number of H-pyrrole nitrogens is 1. The molecule has 4 aromatic rings. The van der Waals surface area contributed by atoms with Crippen molar-refractivity contribution in [3.05, 3.63) is 60.9 Å². The fraction of sp³-hybridized carbons (Fsp3) is 0.190. The maximum Gasteiger partial charge on any atom is 0.307 e. The number of aromatic amines is 1. The highest BCUT2D eigenvalue weighted by atomic mass is 16.5. The van der Waals surface area contributed by atoms with Gasteiger partial charge in [-0.2, -0.15) is 0 Å². The molecule has 1 atom stereocenters. The van der Waals surface area contributed by atoms with Gasteiger partial charge in [0.25, 0.3) is 5.91 Å². The van der Waals surface area contributed by atoms with Crippen LogP contribution in [0.3, 0.4) is 0 Å². The Bertz CT molecular complexity index is 1170. The van der Waals surface area contributed by atoms with Crippen molar-refractivity contribution in [2.75, 3.05) is 5.32 Å². The van der Waals surface area contributed by atoms with Gasteiger partial charge < -0.3 is 19.5 Å². The Balaban J connectivity index is 1.29. The maximum absolute atomic E-state index is 12.3. The number of nitrogens with one attached hydrogen (secondary N) is 2. The lowest BCUT2D eigenvalue weighted by molar-refractivity contribution is -0.153. The highest BCUT2D eigenvalue weighted by Gasteiger charge is 2.20. The molecule has 9 heteroatoms. The molecule has 0 saturated carbocycles. The molecule has 0 bridgehead atoms. The molecular formula is C21H19N5O4. The smallest absolute Gasteiger partial charge is 0.307 e. The molecule has 3 heterocycles. The van der Waals surface area contributed by atoms with Gasteiger partial charge in [0.15, 0.2) is 17.6 Å². The van der Waals surface area contributed by atoms with Crippen LogP contribution in [-0.4, -0.2) is 37.9 Å². The summed E-state index contributed by atoms with van der Waals surface area (Å²) in [5, 5.41) is 2.61. The van der Waals surface area contributed by atoms with Crippen molar-refractivity contribution in [3.63, 3.8) is 0 Å². The summed E-state index contributed by atoms with van der Waals surface area (Å²) in [6.45, 7) is 1.50. The molecule has 0 aliphatic heterocycles. The summed E-state index contributed by atoms with van der Waals surface area (Å²) in [7, 11) is 0. The van der Waals surface area contributed by atoms with Crippen molar-refractivity contribution in [2.24, 2.45) is 0 Å². The Morgan fingerprint density at radius 1 is 1.13 bits per heavy atom. The molecule has 1 amide bonds. The number of benzene rings is 1. The zero-order chi connectivity index (χ0) is 20.9. The number of anilines is 1. The van der Waals surface area contributed by atoms with Crippen LogP contribution < -0.4 is 5.32 Å². The van der Waals surface area contributed by atoms with E-state index < -0.39 is 18.0 Å². The van der Waals surface area contributed by atoms with Crippen LogP contribution in [0.4, 0.5) is 5.82 Å². The van der Waals surface area contributed by atoms with E-state index in [-0.39, 0.29) is 12.2 Å². The first kappa shape index (κ1) is 19.3. The zero-order valence-corrected chi connectivity index (χ0v) is 16.2. The van der Waals surface area contributed by atoms with E-state index in [4.69, 9.17) is 9.15 Å². The van der Waals surface area contributed by atoms with Crippen molar-refractivity contribution in [1.29, 1.82) is 0 Å². The van der Waals surface area contributed by atoms with E-state index in [1.165, 1.54) is 19.6 Å². The van der Waals surface area contributed by atoms with E-state index in [1.807, 2.05) is 42.5 Å². The van der Waals surface area contributed by atoms with Crippen LogP contribution in [0, 0.1) is 0 Å². The lowest BCUT2D eigenvalue weighted by atomic mass is 10.2. The lowest BCUT2D eigenvalue weighted by Gasteiger charge is -2.13. The Morgan fingerprint density at radius 2 is 1.97 bits per heavy atom. The summed E-state index contributed by atoms with van der Waals surface area (Å²) >= 11 is 0. The molecule has 9 nitrogen and oxygen atoms in total. The number of amides is 1. The van der Waals surface area contributed by atoms with Crippen LogP contribution in [0.5, 0.6) is 0 Å². The van der Waals surface area contributed by atoms with Gasteiger partial charge in [-0.1, -0.05) is 30.3 Å². The van der Waals surface area contributed by atoms with Crippen molar-refractivity contribution in [3.8, 4) is 11.3 Å². The summed E-state index contributed by atoms with van der Waals surface area (Å²) in [5.41, 5.74) is 1.89. The molecule has 0 fully saturated rings. The predicted molar refractivity (Wildman–Crippen MR) is 108 cm³/mol. The van der Waals surface area contributed by atoms with E-state index >= 15 is 0 Å². The Morgan fingerprint density at radius 3 is 2.80 bits per heavy atom. The third-order valence-electron chi connectivity index (χ3n) is 4.44. The quantitative estimate of drug-likeness (QED) is 0.453. The van der Waals surface area contributed by atoms with E-state index in [0.717, 1.165) is 11.3 Å². The van der Waals surface area contributed by atoms with Crippen LogP contribution in [0.15, 0.2) is 59.5 Å². The van der Waals surface area contributed by atoms with E-state index in [2.05, 4.69) is 25.3 Å². The third kappa shape index (κ3) is 4.35. The van der Waals surface area contributed by atoms with Gasteiger partial charge in [0.2, 0.25) is 0 Å². The van der Waals surface area contributed by atoms with Gasteiger partial charge >= 0.3 is 5.97 Å². The second-order valence-corrected chi connectivity index (χ2v) is 6.58. The number of furan rings is 1. The molecule has 3 aromatic heterocycles. The number of fused-ring (bicyclic) bond motifs is 1. The number of hydrogen-bond donors (Lipinski definition) is 2. The average molecular weight is 405 g/mol. The van der Waals surface area contributed by atoms with Crippen molar-refractivity contribution in [2.45, 2.75) is 25.9 Å². The number of carbonyl (C=O) groups is 2. The maximum atomic E-state index is 12.3. The van der Waals surface area contributed by atoms with Crippen molar-refractivity contribution in [1.82, 2.24) is 19.9 Å². The van der Waals surface area contributed by atoms with Crippen LogP contribution in [0.25, 0.3) is 22.5 Å². The topological polar surface area (TPSA) is 123 Å². The van der Waals surface area contributed by atoms with Crippen LogP contribution >= 0.6 is 0 Å². The Kier molecular flexibility index (Phi) is 5.51. The number of carbonyl (C=O) groups excluding carboxylic acids is 2. The van der Waals surface area contributed by atoms with Crippen LogP contribution in [-0.2, 0) is 20.7 Å². The summed E-state index contributed by atoms with van der Waals surface area (Å²) in [6.07, 6.45) is 2.24. The van der Waals surface area contributed by atoms with E-state index in [9.17, 15) is 9.59 Å². The van der Waals surface area contributed by atoms with Crippen molar-refractivity contribution >= 4 is 28.9 Å². The molecule has 0 radical (unpaired) electrons. The third-order valence-corrected chi connectivity index (χ3v) is 4.44. The molecule has 0 saturated heterocycles. The average Bonchev–Trinajstić information content (AvgIpc) is 3.43. The first-order valence-corrected chi connectivity index (χ1v) is 9.38. The molecule has 0 aliphatic carbocycles. The number of rotatable bonds is 7. The van der Waals surface area contributed by atoms with Gasteiger partial charge in [-0.25, -0.2) is 15.0 Å². The number of ether oxygens (including phenoxy) is 1. The van der Waals surface area contributed by atoms with E-state index in [1.54, 1.807) is 0 Å². The minimum absolute atomic E-state index is 0.0949. The van der Waals surface area contributed by atoms with Crippen LogP contribution in [0.1, 0.15) is 19.1 Å². The molecule has 4 rings (SSSR count). The van der Waals surface area contributed by atoms with Gasteiger partial charge in [-0.05, 0) is 19.1 Å². The summed E-state index contributed by atoms with van der Waals surface area (Å²) < 4.78 is 11.0. The Labute approximate surface area is 171 Å². The molecule has 30 heavy (non-hydrogen) atoms.